The molecule has 13 nitrogen and oxygen atoms in total. The van der Waals surface area contributed by atoms with Crippen LogP contribution in [0.25, 0.3) is 0 Å². The number of carbonyl (C=O) groups excluding carboxylic acids is 4. The summed E-state index contributed by atoms with van der Waals surface area (Å²) in [5, 5.41) is 31.7. The number of ketones is 2. The molecule has 0 saturated carbocycles. The first-order chi connectivity index (χ1) is 14.8. The molecule has 1 aliphatic heterocycles. The zero-order valence-electron chi connectivity index (χ0n) is 18.3. The van der Waals surface area contributed by atoms with Crippen LogP contribution in [0.3, 0.4) is 0 Å². The molecule has 10 N–H and O–H groups in total. The first-order valence-corrected chi connectivity index (χ1v) is 10.2. The quantitative estimate of drug-likeness (QED) is 0.138. The van der Waals surface area contributed by atoms with Gasteiger partial charge in [-0.3, -0.25) is 19.2 Å². The SMILES string of the molecule is CC(=O)C(C[C@@H](NC(=O)[C@H](C)N)C(N)=O)C(=O)CC(C)O[C@@H]1[C@@H](N)[C@@H](O)O[C@H](CO)[C@H]1O. The molecule has 0 spiro atoms. The minimum atomic E-state index is -1.50. The molecule has 0 aromatic rings. The number of ether oxygens (including phenoxy) is 2. The summed E-state index contributed by atoms with van der Waals surface area (Å²) in [5.41, 5.74) is 16.5. The molecule has 32 heavy (non-hydrogen) atoms. The third-order valence-electron chi connectivity index (χ3n) is 5.22. The lowest BCUT2D eigenvalue weighted by Crippen LogP contribution is -2.63. The molecule has 13 heteroatoms. The topological polar surface area (TPSA) is 238 Å². The number of hydrogen-bond acceptors (Lipinski definition) is 11. The molecule has 0 bridgehead atoms. The molecule has 1 heterocycles. The highest BCUT2D eigenvalue weighted by atomic mass is 16.6. The van der Waals surface area contributed by atoms with Crippen LogP contribution in [0.15, 0.2) is 0 Å². The highest BCUT2D eigenvalue weighted by Gasteiger charge is 2.44. The average molecular weight is 463 g/mol. The van der Waals surface area contributed by atoms with Gasteiger partial charge in [0.1, 0.15) is 35.9 Å². The van der Waals surface area contributed by atoms with E-state index >= 15 is 0 Å². The maximum atomic E-state index is 12.8. The van der Waals surface area contributed by atoms with Crippen LogP contribution in [0, 0.1) is 5.92 Å². The Balaban J connectivity index is 2.85. The minimum Gasteiger partial charge on any atom is -0.394 e. The Morgan fingerprint density at radius 3 is 2.25 bits per heavy atom. The summed E-state index contributed by atoms with van der Waals surface area (Å²) in [6.45, 7) is 3.47. The van der Waals surface area contributed by atoms with Crippen LogP contribution in [-0.4, -0.2) is 94.1 Å². The van der Waals surface area contributed by atoms with Crippen LogP contribution in [0.1, 0.15) is 33.6 Å². The second-order valence-corrected chi connectivity index (χ2v) is 8.05. The first kappa shape index (κ1) is 28.0. The van der Waals surface area contributed by atoms with Crippen molar-refractivity contribution in [1.82, 2.24) is 5.32 Å². The third-order valence-corrected chi connectivity index (χ3v) is 5.22. The van der Waals surface area contributed by atoms with E-state index in [9.17, 15) is 34.5 Å². The zero-order chi connectivity index (χ0) is 24.7. The second kappa shape index (κ2) is 12.3. The van der Waals surface area contributed by atoms with Crippen molar-refractivity contribution >= 4 is 23.4 Å². The monoisotopic (exact) mass is 462 g/mol. The Morgan fingerprint density at radius 1 is 1.19 bits per heavy atom. The maximum Gasteiger partial charge on any atom is 0.240 e. The highest BCUT2D eigenvalue weighted by Crippen LogP contribution is 2.23. The summed E-state index contributed by atoms with van der Waals surface area (Å²) in [4.78, 5) is 48.3. The van der Waals surface area contributed by atoms with E-state index in [0.29, 0.717) is 0 Å². The molecule has 0 aliphatic carbocycles. The molecule has 1 aliphatic rings. The van der Waals surface area contributed by atoms with E-state index in [0.717, 1.165) is 0 Å². The standard InChI is InChI=1S/C19H34N4O9/c1-7(31-16-14(21)19(30)32-13(6-24)15(16)27)4-12(26)10(9(3)25)5-11(17(22)28)23-18(29)8(2)20/h7-8,10-11,13-16,19,24,27,30H,4-6,20-21H2,1-3H3,(H2,22,28)(H,23,29)/t7?,8-,10?,11+,13+,14+,15+,16+,19-/m0/s1. The highest BCUT2D eigenvalue weighted by molar-refractivity contribution is 6.02. The summed E-state index contributed by atoms with van der Waals surface area (Å²) in [5.74, 6) is -3.97. The predicted molar refractivity (Wildman–Crippen MR) is 109 cm³/mol. The van der Waals surface area contributed by atoms with Gasteiger partial charge >= 0.3 is 0 Å². The Morgan fingerprint density at radius 2 is 1.78 bits per heavy atom. The van der Waals surface area contributed by atoms with Gasteiger partial charge in [-0.1, -0.05) is 0 Å². The third kappa shape index (κ3) is 7.55. The largest absolute Gasteiger partial charge is 0.394 e. The van der Waals surface area contributed by atoms with Crippen molar-refractivity contribution in [2.45, 2.75) is 82.4 Å². The van der Waals surface area contributed by atoms with E-state index in [2.05, 4.69) is 5.32 Å². The molecular weight excluding hydrogens is 428 g/mol. The molecule has 0 radical (unpaired) electrons. The number of hydrogen-bond donors (Lipinski definition) is 7. The molecule has 0 aromatic heterocycles. The number of primary amides is 1. The van der Waals surface area contributed by atoms with E-state index in [1.54, 1.807) is 0 Å². The van der Waals surface area contributed by atoms with Crippen molar-refractivity contribution in [2.24, 2.45) is 23.1 Å². The van der Waals surface area contributed by atoms with E-state index in [1.807, 2.05) is 0 Å². The van der Waals surface area contributed by atoms with Crippen LogP contribution < -0.4 is 22.5 Å². The molecular formula is C19H34N4O9. The second-order valence-electron chi connectivity index (χ2n) is 8.05. The fraction of sp³-hybridized carbons (Fsp3) is 0.789. The normalized spacial score (nSPS) is 29.4. The first-order valence-electron chi connectivity index (χ1n) is 10.2. The summed E-state index contributed by atoms with van der Waals surface area (Å²) in [6.07, 6.45) is -6.66. The summed E-state index contributed by atoms with van der Waals surface area (Å²) >= 11 is 0. The lowest BCUT2D eigenvalue weighted by Gasteiger charge is -2.41. The van der Waals surface area contributed by atoms with E-state index in [1.165, 1.54) is 20.8 Å². The van der Waals surface area contributed by atoms with Gasteiger partial charge < -0.3 is 47.3 Å². The van der Waals surface area contributed by atoms with Crippen LogP contribution in [0.4, 0.5) is 0 Å². The van der Waals surface area contributed by atoms with Crippen LogP contribution in [0.2, 0.25) is 0 Å². The van der Waals surface area contributed by atoms with Gasteiger partial charge in [0, 0.05) is 6.42 Å². The van der Waals surface area contributed by atoms with Gasteiger partial charge in [0.15, 0.2) is 6.29 Å². The molecule has 0 aromatic carbocycles. The zero-order valence-corrected chi connectivity index (χ0v) is 18.3. The number of rotatable bonds is 12. The van der Waals surface area contributed by atoms with Crippen molar-refractivity contribution < 1.29 is 44.0 Å². The number of amides is 2. The van der Waals surface area contributed by atoms with E-state index in [-0.39, 0.29) is 12.8 Å². The van der Waals surface area contributed by atoms with Gasteiger partial charge in [0.2, 0.25) is 11.8 Å². The molecule has 1 fully saturated rings. The summed E-state index contributed by atoms with van der Waals surface area (Å²) < 4.78 is 10.6. The number of carbonyl (C=O) groups is 4. The van der Waals surface area contributed by atoms with Crippen molar-refractivity contribution in [3.05, 3.63) is 0 Å². The molecule has 1 rings (SSSR count). The van der Waals surface area contributed by atoms with Crippen LogP contribution >= 0.6 is 0 Å². The smallest absolute Gasteiger partial charge is 0.240 e. The van der Waals surface area contributed by atoms with Crippen LogP contribution in [-0.2, 0) is 28.7 Å². The Hall–Kier alpha value is -2.00. The van der Waals surface area contributed by atoms with E-state index < -0.39 is 84.7 Å². The Kier molecular flexibility index (Phi) is 10.8. The summed E-state index contributed by atoms with van der Waals surface area (Å²) in [7, 11) is 0. The Labute approximate surface area is 185 Å². The van der Waals surface area contributed by atoms with Crippen molar-refractivity contribution in [3.63, 3.8) is 0 Å². The molecule has 9 atom stereocenters. The van der Waals surface area contributed by atoms with Crippen molar-refractivity contribution in [1.29, 1.82) is 0 Å². The minimum absolute atomic E-state index is 0.298. The van der Waals surface area contributed by atoms with Gasteiger partial charge in [-0.15, -0.1) is 0 Å². The average Bonchev–Trinajstić information content (AvgIpc) is 2.69. The number of aliphatic hydroxyl groups is 3. The van der Waals surface area contributed by atoms with Gasteiger partial charge in [-0.2, -0.15) is 0 Å². The molecule has 2 amide bonds. The predicted octanol–water partition coefficient (Wildman–Crippen LogP) is -3.97. The molecule has 1 saturated heterocycles. The maximum absolute atomic E-state index is 12.8. The number of aliphatic hydroxyl groups excluding tert-OH is 3. The fourth-order valence-electron chi connectivity index (χ4n) is 3.33. The number of Topliss-reactive ketones (excluding diaryl/α,β-unsaturated/α-hetero) is 2. The van der Waals surface area contributed by atoms with Crippen molar-refractivity contribution in [2.75, 3.05) is 6.61 Å². The van der Waals surface area contributed by atoms with Crippen LogP contribution in [0.5, 0.6) is 0 Å². The van der Waals surface area contributed by atoms with Gasteiger partial charge in [0.25, 0.3) is 0 Å². The number of nitrogens with two attached hydrogens (primary N) is 3. The van der Waals surface area contributed by atoms with Gasteiger partial charge in [-0.05, 0) is 27.2 Å². The molecule has 2 unspecified atom stereocenters. The fourth-order valence-corrected chi connectivity index (χ4v) is 3.33. The summed E-state index contributed by atoms with van der Waals surface area (Å²) in [6, 6.07) is -3.36. The Bertz CT molecular complexity index is 690. The lowest BCUT2D eigenvalue weighted by molar-refractivity contribution is -0.262. The van der Waals surface area contributed by atoms with E-state index in [4.69, 9.17) is 26.7 Å². The van der Waals surface area contributed by atoms with Gasteiger partial charge in [-0.25, -0.2) is 0 Å². The molecule has 184 valence electrons. The number of nitrogens with one attached hydrogen (secondary N) is 1. The van der Waals surface area contributed by atoms with Gasteiger partial charge in [0.05, 0.1) is 30.7 Å². The van der Waals surface area contributed by atoms with Crippen molar-refractivity contribution in [3.8, 4) is 0 Å². The lowest BCUT2D eigenvalue weighted by atomic mass is 9.89.